The first-order chi connectivity index (χ1) is 13.6. The highest BCUT2D eigenvalue weighted by Crippen LogP contribution is 2.35. The van der Waals surface area contributed by atoms with E-state index in [0.29, 0.717) is 17.8 Å². The number of carbonyl (C=O) groups is 2. The topological polar surface area (TPSA) is 84.2 Å². The lowest BCUT2D eigenvalue weighted by molar-refractivity contribution is -0.114. The monoisotopic (exact) mass is 377 g/mol. The smallest absolute Gasteiger partial charge is 0.251 e. The van der Waals surface area contributed by atoms with Gasteiger partial charge in [-0.05, 0) is 91.0 Å². The van der Waals surface area contributed by atoms with Crippen molar-refractivity contribution in [3.05, 3.63) is 63.2 Å². The van der Waals surface area contributed by atoms with Gasteiger partial charge in [-0.2, -0.15) is 0 Å². The van der Waals surface area contributed by atoms with Crippen LogP contribution < -0.4 is 16.4 Å². The number of anilines is 1. The van der Waals surface area contributed by atoms with E-state index in [1.165, 1.54) is 40.7 Å². The second-order valence-electron chi connectivity index (χ2n) is 7.80. The minimum absolute atomic E-state index is 0.0837. The summed E-state index contributed by atoms with van der Waals surface area (Å²) in [6.07, 6.45) is 6.97. The van der Waals surface area contributed by atoms with Crippen molar-refractivity contribution in [2.24, 2.45) is 5.73 Å². The summed E-state index contributed by atoms with van der Waals surface area (Å²) in [7, 11) is 0. The fourth-order valence-corrected chi connectivity index (χ4v) is 4.57. The summed E-state index contributed by atoms with van der Waals surface area (Å²) in [4.78, 5) is 24.4. The lowest BCUT2D eigenvalue weighted by Gasteiger charge is -2.16. The second kappa shape index (κ2) is 7.76. The van der Waals surface area contributed by atoms with Crippen molar-refractivity contribution in [2.75, 3.05) is 11.9 Å². The SMILES string of the molecule is Cc1ccc(NC(=O)CN)cc1C(=O)NCc1c2c(cc3c1CCC3)CCC2. The van der Waals surface area contributed by atoms with Crippen LogP contribution in [0.5, 0.6) is 0 Å². The van der Waals surface area contributed by atoms with E-state index in [-0.39, 0.29) is 18.4 Å². The maximum Gasteiger partial charge on any atom is 0.251 e. The van der Waals surface area contributed by atoms with Gasteiger partial charge in [0, 0.05) is 17.8 Å². The van der Waals surface area contributed by atoms with Gasteiger partial charge in [-0.3, -0.25) is 9.59 Å². The number of fused-ring (bicyclic) bond motifs is 2. The predicted molar refractivity (Wildman–Crippen MR) is 111 cm³/mol. The lowest BCUT2D eigenvalue weighted by atomic mass is 9.94. The largest absolute Gasteiger partial charge is 0.348 e. The first kappa shape index (κ1) is 18.7. The standard InChI is InChI=1S/C23H27N3O2/c1-14-8-9-17(26-22(27)12-24)11-20(14)23(28)25-13-21-18-6-2-4-15(18)10-16-5-3-7-19(16)21/h8-11H,2-7,12-13,24H2,1H3,(H,25,28)(H,26,27). The molecule has 0 saturated heterocycles. The van der Waals surface area contributed by atoms with Gasteiger partial charge in [-0.1, -0.05) is 12.1 Å². The molecule has 4 N–H and O–H groups in total. The molecule has 0 fully saturated rings. The first-order valence-corrected chi connectivity index (χ1v) is 10.1. The molecule has 5 nitrogen and oxygen atoms in total. The van der Waals surface area contributed by atoms with Crippen molar-refractivity contribution in [1.82, 2.24) is 5.32 Å². The minimum Gasteiger partial charge on any atom is -0.348 e. The van der Waals surface area contributed by atoms with Crippen LogP contribution in [0.3, 0.4) is 0 Å². The molecule has 146 valence electrons. The maximum atomic E-state index is 12.9. The van der Waals surface area contributed by atoms with Crippen LogP contribution in [0, 0.1) is 6.92 Å². The molecule has 0 unspecified atom stereocenters. The summed E-state index contributed by atoms with van der Waals surface area (Å²) in [5.74, 6) is -0.380. The minimum atomic E-state index is -0.273. The highest BCUT2D eigenvalue weighted by molar-refractivity contribution is 5.98. The van der Waals surface area contributed by atoms with Gasteiger partial charge in [0.1, 0.15) is 0 Å². The number of benzene rings is 2. The van der Waals surface area contributed by atoms with Crippen molar-refractivity contribution >= 4 is 17.5 Å². The Morgan fingerprint density at radius 3 is 2.32 bits per heavy atom. The fraction of sp³-hybridized carbons (Fsp3) is 0.391. The number of rotatable bonds is 5. The number of aryl methyl sites for hydroxylation is 3. The molecule has 0 atom stereocenters. The lowest BCUT2D eigenvalue weighted by Crippen LogP contribution is -2.26. The number of hydrogen-bond donors (Lipinski definition) is 3. The molecule has 2 aromatic rings. The molecule has 0 heterocycles. The average molecular weight is 377 g/mol. The Morgan fingerprint density at radius 2 is 1.68 bits per heavy atom. The van der Waals surface area contributed by atoms with Gasteiger partial charge in [0.25, 0.3) is 5.91 Å². The summed E-state index contributed by atoms with van der Waals surface area (Å²) < 4.78 is 0. The Morgan fingerprint density at radius 1 is 1.00 bits per heavy atom. The Kier molecular flexibility index (Phi) is 5.18. The van der Waals surface area contributed by atoms with E-state index in [1.54, 1.807) is 12.1 Å². The third kappa shape index (κ3) is 3.54. The predicted octanol–water partition coefficient (Wildman–Crippen LogP) is 2.80. The fourth-order valence-electron chi connectivity index (χ4n) is 4.57. The number of nitrogens with one attached hydrogen (secondary N) is 2. The Labute approximate surface area is 165 Å². The van der Waals surface area contributed by atoms with Gasteiger partial charge in [-0.25, -0.2) is 0 Å². The van der Waals surface area contributed by atoms with Gasteiger partial charge in [-0.15, -0.1) is 0 Å². The van der Waals surface area contributed by atoms with E-state index in [9.17, 15) is 9.59 Å². The molecule has 5 heteroatoms. The van der Waals surface area contributed by atoms with Gasteiger partial charge in [0.2, 0.25) is 5.91 Å². The number of amides is 2. The third-order valence-electron chi connectivity index (χ3n) is 5.98. The molecule has 28 heavy (non-hydrogen) atoms. The normalized spacial score (nSPS) is 14.5. The summed E-state index contributed by atoms with van der Waals surface area (Å²) >= 11 is 0. The van der Waals surface area contributed by atoms with E-state index in [0.717, 1.165) is 31.2 Å². The number of hydrogen-bond acceptors (Lipinski definition) is 3. The van der Waals surface area contributed by atoms with Crippen LogP contribution in [-0.2, 0) is 37.0 Å². The van der Waals surface area contributed by atoms with Crippen LogP contribution in [0.15, 0.2) is 24.3 Å². The van der Waals surface area contributed by atoms with Crippen molar-refractivity contribution in [3.63, 3.8) is 0 Å². The van der Waals surface area contributed by atoms with Crippen LogP contribution in [-0.4, -0.2) is 18.4 Å². The molecule has 0 bridgehead atoms. The zero-order chi connectivity index (χ0) is 19.7. The number of carbonyl (C=O) groups excluding carboxylic acids is 2. The number of nitrogens with two attached hydrogens (primary N) is 1. The van der Waals surface area contributed by atoms with Crippen LogP contribution in [0.1, 0.15) is 56.6 Å². The molecule has 2 aliphatic rings. The molecule has 2 amide bonds. The van der Waals surface area contributed by atoms with Crippen LogP contribution in [0.25, 0.3) is 0 Å². The van der Waals surface area contributed by atoms with E-state index >= 15 is 0 Å². The average Bonchev–Trinajstić information content (AvgIpc) is 3.35. The zero-order valence-electron chi connectivity index (χ0n) is 16.4. The summed E-state index contributed by atoms with van der Waals surface area (Å²) in [6, 6.07) is 7.76. The Bertz CT molecular complexity index is 917. The Hall–Kier alpha value is -2.66. The quantitative estimate of drug-likeness (QED) is 0.749. The van der Waals surface area contributed by atoms with Gasteiger partial charge >= 0.3 is 0 Å². The molecule has 2 aromatic carbocycles. The molecular formula is C23H27N3O2. The molecule has 0 radical (unpaired) electrons. The maximum absolute atomic E-state index is 12.9. The van der Waals surface area contributed by atoms with Crippen LogP contribution in [0.4, 0.5) is 5.69 Å². The molecule has 2 aliphatic carbocycles. The van der Waals surface area contributed by atoms with Crippen LogP contribution >= 0.6 is 0 Å². The molecule has 4 rings (SSSR count). The van der Waals surface area contributed by atoms with E-state index in [4.69, 9.17) is 5.73 Å². The molecular weight excluding hydrogens is 350 g/mol. The van der Waals surface area contributed by atoms with Crippen molar-refractivity contribution < 1.29 is 9.59 Å². The van der Waals surface area contributed by atoms with Crippen molar-refractivity contribution in [1.29, 1.82) is 0 Å². The first-order valence-electron chi connectivity index (χ1n) is 10.1. The third-order valence-corrected chi connectivity index (χ3v) is 5.98. The van der Waals surface area contributed by atoms with Crippen molar-refractivity contribution in [2.45, 2.75) is 52.0 Å². The van der Waals surface area contributed by atoms with Gasteiger partial charge in [0.05, 0.1) is 6.54 Å². The van der Waals surface area contributed by atoms with Crippen molar-refractivity contribution in [3.8, 4) is 0 Å². The summed E-state index contributed by atoms with van der Waals surface area (Å²) in [5.41, 5.74) is 14.6. The summed E-state index contributed by atoms with van der Waals surface area (Å²) in [5, 5.41) is 5.85. The molecule has 0 spiro atoms. The highest BCUT2D eigenvalue weighted by atomic mass is 16.2. The highest BCUT2D eigenvalue weighted by Gasteiger charge is 2.24. The zero-order valence-corrected chi connectivity index (χ0v) is 16.4. The van der Waals surface area contributed by atoms with Gasteiger partial charge < -0.3 is 16.4 Å². The van der Waals surface area contributed by atoms with Crippen LogP contribution in [0.2, 0.25) is 0 Å². The van der Waals surface area contributed by atoms with E-state index in [1.807, 2.05) is 13.0 Å². The summed E-state index contributed by atoms with van der Waals surface area (Å²) in [6.45, 7) is 2.39. The Balaban J connectivity index is 1.55. The van der Waals surface area contributed by atoms with Gasteiger partial charge in [0.15, 0.2) is 0 Å². The van der Waals surface area contributed by atoms with E-state index < -0.39 is 0 Å². The molecule has 0 aliphatic heterocycles. The molecule has 0 saturated carbocycles. The second-order valence-corrected chi connectivity index (χ2v) is 7.80. The molecule has 0 aromatic heterocycles. The van der Waals surface area contributed by atoms with E-state index in [2.05, 4.69) is 16.7 Å².